The van der Waals surface area contributed by atoms with Crippen LogP contribution in [0.5, 0.6) is 0 Å². The van der Waals surface area contributed by atoms with Crippen LogP contribution in [-0.4, -0.2) is 4.92 Å². The molecule has 5 rings (SSSR count). The van der Waals surface area contributed by atoms with Crippen molar-refractivity contribution in [2.45, 2.75) is 13.1 Å². The predicted molar refractivity (Wildman–Crippen MR) is 105 cm³/mol. The number of benzene rings is 3. The smallest absolute Gasteiger partial charge is 0.400 e. The number of hydrogen-bond donors (Lipinski definition) is 0. The lowest BCUT2D eigenvalue weighted by Gasteiger charge is -2.17. The van der Waals surface area contributed by atoms with Crippen LogP contribution in [0, 0.1) is 10.1 Å². The summed E-state index contributed by atoms with van der Waals surface area (Å²) in [6.45, 7) is 1.67. The van der Waals surface area contributed by atoms with Crippen LogP contribution in [0.2, 0.25) is 0 Å². The van der Waals surface area contributed by atoms with Crippen LogP contribution in [0.1, 0.15) is 11.1 Å². The number of furan rings is 1. The van der Waals surface area contributed by atoms with Crippen molar-refractivity contribution in [3.05, 3.63) is 94.0 Å². The monoisotopic (exact) mass is 356 g/mol. The Labute approximate surface area is 155 Å². The summed E-state index contributed by atoms with van der Waals surface area (Å²) in [6, 6.07) is 23.6. The Morgan fingerprint density at radius 2 is 1.56 bits per heavy atom. The quantitative estimate of drug-likeness (QED) is 0.358. The summed E-state index contributed by atoms with van der Waals surface area (Å²) in [5.74, 6) is -0.210. The highest BCUT2D eigenvalue weighted by molar-refractivity contribution is 6.00. The Morgan fingerprint density at radius 3 is 2.22 bits per heavy atom. The molecule has 2 heterocycles. The van der Waals surface area contributed by atoms with E-state index in [1.54, 1.807) is 0 Å². The fourth-order valence-corrected chi connectivity index (χ4v) is 3.80. The molecule has 0 radical (unpaired) electrons. The van der Waals surface area contributed by atoms with Crippen LogP contribution in [0.25, 0.3) is 22.1 Å². The molecule has 5 nitrogen and oxygen atoms in total. The summed E-state index contributed by atoms with van der Waals surface area (Å²) in [5, 5.41) is 12.3. The number of hydrogen-bond acceptors (Lipinski definition) is 4. The first-order valence-electron chi connectivity index (χ1n) is 8.79. The molecule has 3 aromatic carbocycles. The molecule has 0 N–H and O–H groups in total. The van der Waals surface area contributed by atoms with Gasteiger partial charge in [0.1, 0.15) is 16.1 Å². The van der Waals surface area contributed by atoms with Crippen molar-refractivity contribution in [3.63, 3.8) is 0 Å². The van der Waals surface area contributed by atoms with Crippen LogP contribution in [-0.2, 0) is 13.1 Å². The number of fused-ring (bicyclic) bond motifs is 2. The SMILES string of the molecule is O=[N+]([O-])c1oc2ccc(N3Cc4ccccc4C3)cc2c1-c1ccccc1. The number of nitro groups is 1. The van der Waals surface area contributed by atoms with Crippen LogP contribution in [0.4, 0.5) is 11.6 Å². The molecule has 27 heavy (non-hydrogen) atoms. The highest BCUT2D eigenvalue weighted by Crippen LogP contribution is 2.41. The van der Waals surface area contributed by atoms with E-state index in [4.69, 9.17) is 4.42 Å². The average Bonchev–Trinajstić information content (AvgIpc) is 3.29. The van der Waals surface area contributed by atoms with E-state index in [1.165, 1.54) is 11.1 Å². The van der Waals surface area contributed by atoms with Crippen LogP contribution in [0.3, 0.4) is 0 Å². The Kier molecular flexibility index (Phi) is 3.47. The molecule has 4 aromatic rings. The Balaban J connectivity index is 1.65. The molecule has 0 atom stereocenters. The molecule has 132 valence electrons. The summed E-state index contributed by atoms with van der Waals surface area (Å²) in [6.07, 6.45) is 0. The maximum Gasteiger partial charge on any atom is 0.442 e. The molecule has 0 aliphatic carbocycles. The minimum absolute atomic E-state index is 0.210. The molecule has 0 saturated heterocycles. The van der Waals surface area contributed by atoms with E-state index < -0.39 is 4.92 Å². The standard InChI is InChI=1S/C22H16N2O3/c25-24(26)22-21(15-6-2-1-3-7-15)19-12-18(10-11-20(19)27-22)23-13-16-8-4-5-9-17(16)14-23/h1-12H,13-14H2. The summed E-state index contributed by atoms with van der Waals surface area (Å²) in [5.41, 5.74) is 5.52. The summed E-state index contributed by atoms with van der Waals surface area (Å²) >= 11 is 0. The highest BCUT2D eigenvalue weighted by atomic mass is 16.6. The van der Waals surface area contributed by atoms with E-state index in [0.29, 0.717) is 11.1 Å². The van der Waals surface area contributed by atoms with Gasteiger partial charge < -0.3 is 9.32 Å². The van der Waals surface area contributed by atoms with Crippen molar-refractivity contribution in [2.75, 3.05) is 4.90 Å². The lowest BCUT2D eigenvalue weighted by Crippen LogP contribution is -2.14. The molecule has 0 amide bonds. The third-order valence-electron chi connectivity index (χ3n) is 5.09. The molecular formula is C22H16N2O3. The normalized spacial score (nSPS) is 13.1. The highest BCUT2D eigenvalue weighted by Gasteiger charge is 2.26. The third-order valence-corrected chi connectivity index (χ3v) is 5.09. The first-order chi connectivity index (χ1) is 13.2. The lowest BCUT2D eigenvalue weighted by atomic mass is 10.0. The van der Waals surface area contributed by atoms with Gasteiger partial charge in [-0.25, -0.2) is 0 Å². The number of rotatable bonds is 3. The average molecular weight is 356 g/mol. The lowest BCUT2D eigenvalue weighted by molar-refractivity contribution is -0.400. The van der Waals surface area contributed by atoms with Gasteiger partial charge in [0.05, 0.1) is 0 Å². The minimum Gasteiger partial charge on any atom is -0.400 e. The first kappa shape index (κ1) is 15.6. The molecule has 1 aliphatic heterocycles. The van der Waals surface area contributed by atoms with Gasteiger partial charge in [0.15, 0.2) is 0 Å². The molecule has 0 bridgehead atoms. The molecular weight excluding hydrogens is 340 g/mol. The van der Waals surface area contributed by atoms with Gasteiger partial charge in [0.25, 0.3) is 0 Å². The van der Waals surface area contributed by atoms with Gasteiger partial charge in [-0.05, 0) is 34.9 Å². The molecule has 0 unspecified atom stereocenters. The molecule has 1 aromatic heterocycles. The fourth-order valence-electron chi connectivity index (χ4n) is 3.80. The second kappa shape index (κ2) is 5.99. The first-order valence-corrected chi connectivity index (χ1v) is 8.79. The van der Waals surface area contributed by atoms with Crippen LogP contribution in [0.15, 0.2) is 77.2 Å². The van der Waals surface area contributed by atoms with Crippen molar-refractivity contribution in [1.82, 2.24) is 0 Å². The molecule has 0 spiro atoms. The summed E-state index contributed by atoms with van der Waals surface area (Å²) in [7, 11) is 0. The topological polar surface area (TPSA) is 59.5 Å². The molecule has 1 aliphatic rings. The van der Waals surface area contributed by atoms with E-state index in [0.717, 1.165) is 29.7 Å². The minimum atomic E-state index is -0.451. The maximum atomic E-state index is 11.6. The van der Waals surface area contributed by atoms with Crippen molar-refractivity contribution < 1.29 is 9.34 Å². The van der Waals surface area contributed by atoms with Gasteiger partial charge in [-0.1, -0.05) is 54.6 Å². The van der Waals surface area contributed by atoms with Gasteiger partial charge >= 0.3 is 5.88 Å². The predicted octanol–water partition coefficient (Wildman–Crippen LogP) is 5.53. The van der Waals surface area contributed by atoms with Crippen molar-refractivity contribution in [2.24, 2.45) is 0 Å². The second-order valence-corrected chi connectivity index (χ2v) is 6.71. The van der Waals surface area contributed by atoms with Crippen LogP contribution < -0.4 is 4.90 Å². The van der Waals surface area contributed by atoms with Crippen molar-refractivity contribution in [1.29, 1.82) is 0 Å². The van der Waals surface area contributed by atoms with E-state index >= 15 is 0 Å². The van der Waals surface area contributed by atoms with Gasteiger partial charge in [-0.3, -0.25) is 10.1 Å². The van der Waals surface area contributed by atoms with E-state index in [-0.39, 0.29) is 5.88 Å². The Morgan fingerprint density at radius 1 is 0.889 bits per heavy atom. The number of anilines is 1. The molecule has 5 heteroatoms. The third kappa shape index (κ3) is 2.56. The zero-order valence-corrected chi connectivity index (χ0v) is 14.5. The zero-order chi connectivity index (χ0) is 18.4. The summed E-state index contributed by atoms with van der Waals surface area (Å²) < 4.78 is 5.58. The van der Waals surface area contributed by atoms with Crippen LogP contribution >= 0.6 is 0 Å². The fraction of sp³-hybridized carbons (Fsp3) is 0.0909. The summed E-state index contributed by atoms with van der Waals surface area (Å²) in [4.78, 5) is 13.4. The van der Waals surface area contributed by atoms with E-state index in [1.807, 2.05) is 48.5 Å². The Bertz CT molecular complexity index is 1140. The second-order valence-electron chi connectivity index (χ2n) is 6.71. The molecule has 0 saturated carbocycles. The van der Waals surface area contributed by atoms with Gasteiger partial charge in [-0.15, -0.1) is 0 Å². The van der Waals surface area contributed by atoms with Gasteiger partial charge in [0, 0.05) is 24.2 Å². The maximum absolute atomic E-state index is 11.6. The molecule has 0 fully saturated rings. The van der Waals surface area contributed by atoms with Crippen molar-refractivity contribution in [3.8, 4) is 11.1 Å². The van der Waals surface area contributed by atoms with Gasteiger partial charge in [-0.2, -0.15) is 0 Å². The zero-order valence-electron chi connectivity index (χ0n) is 14.5. The van der Waals surface area contributed by atoms with E-state index in [2.05, 4.69) is 29.2 Å². The largest absolute Gasteiger partial charge is 0.442 e. The van der Waals surface area contributed by atoms with Gasteiger partial charge in [0.2, 0.25) is 0 Å². The number of nitrogens with zero attached hydrogens (tertiary/aromatic N) is 2. The Hall–Kier alpha value is -3.60. The van der Waals surface area contributed by atoms with E-state index in [9.17, 15) is 10.1 Å². The van der Waals surface area contributed by atoms with Crippen molar-refractivity contribution >= 4 is 22.5 Å².